The Hall–Kier alpha value is -1.39. The molecule has 1 fully saturated rings. The lowest BCUT2D eigenvalue weighted by atomic mass is 9.81. The first kappa shape index (κ1) is 17.0. The number of aliphatic carboxylic acids is 1. The zero-order chi connectivity index (χ0) is 16.1. The number of likely N-dealkylation sites (tertiary alicyclic amines) is 1. The molecule has 1 saturated heterocycles. The maximum absolute atomic E-state index is 11.8. The third kappa shape index (κ3) is 3.87. The molecule has 4 atom stereocenters. The van der Waals surface area contributed by atoms with Crippen LogP contribution in [0.3, 0.4) is 0 Å². The first-order chi connectivity index (χ1) is 10.5. The predicted octanol–water partition coefficient (Wildman–Crippen LogP) is 2.68. The fourth-order valence-corrected chi connectivity index (χ4v) is 3.67. The maximum Gasteiger partial charge on any atom is 0.307 e. The third-order valence-electron chi connectivity index (χ3n) is 5.00. The fourth-order valence-electron chi connectivity index (χ4n) is 3.67. The molecular weight excluding hydrogens is 278 g/mol. The van der Waals surface area contributed by atoms with Gasteiger partial charge >= 0.3 is 5.97 Å². The number of methoxy groups -OCH3 is 1. The van der Waals surface area contributed by atoms with Crippen LogP contribution in [0.15, 0.2) is 30.3 Å². The monoisotopic (exact) mass is 305 g/mol. The molecule has 0 spiro atoms. The van der Waals surface area contributed by atoms with Gasteiger partial charge in [-0.2, -0.15) is 0 Å². The number of carboxylic acid groups (broad SMARTS) is 1. The van der Waals surface area contributed by atoms with E-state index in [-0.39, 0.29) is 12.0 Å². The number of ether oxygens (including phenoxy) is 1. The molecule has 0 saturated carbocycles. The number of carboxylic acids is 1. The van der Waals surface area contributed by atoms with E-state index in [1.807, 2.05) is 37.3 Å². The van der Waals surface area contributed by atoms with Crippen molar-refractivity contribution in [2.75, 3.05) is 20.7 Å². The highest BCUT2D eigenvalue weighted by atomic mass is 16.5. The average molecular weight is 305 g/mol. The minimum Gasteiger partial charge on any atom is -0.481 e. The lowest BCUT2D eigenvalue weighted by Gasteiger charge is -2.35. The van der Waals surface area contributed by atoms with E-state index in [2.05, 4.69) is 11.9 Å². The molecule has 1 heterocycles. The van der Waals surface area contributed by atoms with Crippen LogP contribution in [0.1, 0.15) is 25.3 Å². The molecule has 4 unspecified atom stereocenters. The van der Waals surface area contributed by atoms with Gasteiger partial charge in [-0.15, -0.1) is 0 Å². The number of rotatable bonds is 7. The molecule has 0 aromatic heterocycles. The van der Waals surface area contributed by atoms with Crippen LogP contribution in [0.4, 0.5) is 0 Å². The standard InChI is InChI=1S/C18H27NO3/c1-13(17(22-3)16-10-7-11-19(16)2)15(18(20)21)12-14-8-5-4-6-9-14/h4-6,8-9,13,15-17H,7,10-12H2,1-3H3,(H,20,21). The molecule has 4 nitrogen and oxygen atoms in total. The molecule has 122 valence electrons. The largest absolute Gasteiger partial charge is 0.481 e. The number of likely N-dealkylation sites (N-methyl/N-ethyl adjacent to an activating group) is 1. The van der Waals surface area contributed by atoms with Crippen LogP contribution < -0.4 is 0 Å². The normalized spacial score (nSPS) is 23.1. The van der Waals surface area contributed by atoms with Gasteiger partial charge in [0.2, 0.25) is 0 Å². The quantitative estimate of drug-likeness (QED) is 0.841. The molecule has 1 aromatic rings. The zero-order valence-corrected chi connectivity index (χ0v) is 13.7. The second-order valence-corrected chi connectivity index (χ2v) is 6.38. The summed E-state index contributed by atoms with van der Waals surface area (Å²) >= 11 is 0. The van der Waals surface area contributed by atoms with Crippen LogP contribution in [0.2, 0.25) is 0 Å². The molecule has 1 N–H and O–H groups in total. The maximum atomic E-state index is 11.8. The van der Waals surface area contributed by atoms with Gasteiger partial charge in [-0.1, -0.05) is 37.3 Å². The number of hydrogen-bond acceptors (Lipinski definition) is 3. The van der Waals surface area contributed by atoms with Crippen LogP contribution >= 0.6 is 0 Å². The number of carbonyl (C=O) groups is 1. The van der Waals surface area contributed by atoms with E-state index in [0.29, 0.717) is 12.5 Å². The Bertz CT molecular complexity index is 476. The van der Waals surface area contributed by atoms with Crippen molar-refractivity contribution in [1.29, 1.82) is 0 Å². The van der Waals surface area contributed by atoms with Crippen molar-refractivity contribution in [3.8, 4) is 0 Å². The van der Waals surface area contributed by atoms with Crippen molar-refractivity contribution in [2.45, 2.75) is 38.3 Å². The van der Waals surface area contributed by atoms with Gasteiger partial charge < -0.3 is 14.7 Å². The van der Waals surface area contributed by atoms with Crippen molar-refractivity contribution >= 4 is 5.97 Å². The molecule has 22 heavy (non-hydrogen) atoms. The molecule has 4 heteroatoms. The van der Waals surface area contributed by atoms with Gasteiger partial charge in [0.15, 0.2) is 0 Å². The Morgan fingerprint density at radius 3 is 2.59 bits per heavy atom. The van der Waals surface area contributed by atoms with Gasteiger partial charge in [0, 0.05) is 13.2 Å². The Morgan fingerprint density at radius 2 is 2.09 bits per heavy atom. The summed E-state index contributed by atoms with van der Waals surface area (Å²) in [6, 6.07) is 10.2. The first-order valence-electron chi connectivity index (χ1n) is 8.04. The summed E-state index contributed by atoms with van der Waals surface area (Å²) in [5.41, 5.74) is 1.07. The van der Waals surface area contributed by atoms with Gasteiger partial charge in [0.1, 0.15) is 0 Å². The Kier molecular flexibility index (Phi) is 5.98. The topological polar surface area (TPSA) is 49.8 Å². The smallest absolute Gasteiger partial charge is 0.307 e. The van der Waals surface area contributed by atoms with E-state index >= 15 is 0 Å². The second-order valence-electron chi connectivity index (χ2n) is 6.38. The minimum atomic E-state index is -0.737. The molecule has 1 aliphatic rings. The Labute approximate surface area is 133 Å². The number of hydrogen-bond donors (Lipinski definition) is 1. The summed E-state index contributed by atoms with van der Waals surface area (Å²) in [6.07, 6.45) is 2.74. The van der Waals surface area contributed by atoms with E-state index < -0.39 is 11.9 Å². The van der Waals surface area contributed by atoms with E-state index in [0.717, 1.165) is 24.9 Å². The Balaban J connectivity index is 2.13. The summed E-state index contributed by atoms with van der Waals surface area (Å²) < 4.78 is 5.73. The number of nitrogens with zero attached hydrogens (tertiary/aromatic N) is 1. The van der Waals surface area contributed by atoms with Gasteiger partial charge in [-0.25, -0.2) is 0 Å². The number of benzene rings is 1. The van der Waals surface area contributed by atoms with E-state index in [9.17, 15) is 9.90 Å². The SMILES string of the molecule is COC(C(C)C(Cc1ccccc1)C(=O)O)C1CCCN1C. The molecule has 2 rings (SSSR count). The molecule has 0 radical (unpaired) electrons. The summed E-state index contributed by atoms with van der Waals surface area (Å²) in [5.74, 6) is -1.20. The average Bonchev–Trinajstić information content (AvgIpc) is 2.92. The summed E-state index contributed by atoms with van der Waals surface area (Å²) in [4.78, 5) is 14.1. The molecule has 0 amide bonds. The van der Waals surface area contributed by atoms with E-state index in [1.165, 1.54) is 0 Å². The summed E-state index contributed by atoms with van der Waals surface area (Å²) in [6.45, 7) is 3.08. The van der Waals surface area contributed by atoms with Crippen LogP contribution in [-0.2, 0) is 16.0 Å². The minimum absolute atomic E-state index is 0.0340. The highest BCUT2D eigenvalue weighted by Gasteiger charge is 2.38. The zero-order valence-electron chi connectivity index (χ0n) is 13.7. The van der Waals surface area contributed by atoms with Gasteiger partial charge in [-0.05, 0) is 44.3 Å². The summed E-state index contributed by atoms with van der Waals surface area (Å²) in [7, 11) is 3.80. The third-order valence-corrected chi connectivity index (χ3v) is 5.00. The summed E-state index contributed by atoms with van der Waals surface area (Å²) in [5, 5.41) is 9.69. The molecule has 0 bridgehead atoms. The molecular formula is C18H27NO3. The van der Waals surface area contributed by atoms with Gasteiger partial charge in [0.05, 0.1) is 12.0 Å². The molecule has 0 aliphatic carbocycles. The second kappa shape index (κ2) is 7.75. The van der Waals surface area contributed by atoms with E-state index in [4.69, 9.17) is 4.74 Å². The van der Waals surface area contributed by atoms with Crippen molar-refractivity contribution < 1.29 is 14.6 Å². The first-order valence-corrected chi connectivity index (χ1v) is 8.04. The molecule has 1 aliphatic heterocycles. The van der Waals surface area contributed by atoms with Crippen molar-refractivity contribution in [1.82, 2.24) is 4.90 Å². The Morgan fingerprint density at radius 1 is 1.41 bits per heavy atom. The van der Waals surface area contributed by atoms with Crippen LogP contribution in [-0.4, -0.2) is 48.8 Å². The molecule has 1 aromatic carbocycles. The highest BCUT2D eigenvalue weighted by Crippen LogP contribution is 2.30. The van der Waals surface area contributed by atoms with Gasteiger partial charge in [0.25, 0.3) is 0 Å². The van der Waals surface area contributed by atoms with E-state index in [1.54, 1.807) is 7.11 Å². The van der Waals surface area contributed by atoms with Crippen LogP contribution in [0.5, 0.6) is 0 Å². The van der Waals surface area contributed by atoms with Crippen molar-refractivity contribution in [2.24, 2.45) is 11.8 Å². The fraction of sp³-hybridized carbons (Fsp3) is 0.611. The lowest BCUT2D eigenvalue weighted by Crippen LogP contribution is -2.45. The van der Waals surface area contributed by atoms with Crippen LogP contribution in [0.25, 0.3) is 0 Å². The van der Waals surface area contributed by atoms with Gasteiger partial charge in [-0.3, -0.25) is 4.79 Å². The van der Waals surface area contributed by atoms with Crippen LogP contribution in [0, 0.1) is 11.8 Å². The predicted molar refractivity (Wildman–Crippen MR) is 86.9 cm³/mol. The lowest BCUT2D eigenvalue weighted by molar-refractivity contribution is -0.146. The van der Waals surface area contributed by atoms with Crippen molar-refractivity contribution in [3.63, 3.8) is 0 Å². The highest BCUT2D eigenvalue weighted by molar-refractivity contribution is 5.71. The van der Waals surface area contributed by atoms with Crippen molar-refractivity contribution in [3.05, 3.63) is 35.9 Å².